The highest BCUT2D eigenvalue weighted by Gasteiger charge is 2.12. The highest BCUT2D eigenvalue weighted by molar-refractivity contribution is 5.92. The third kappa shape index (κ3) is 4.85. The van der Waals surface area contributed by atoms with E-state index in [1.807, 2.05) is 54.6 Å². The molecule has 1 heterocycles. The molecule has 0 unspecified atom stereocenters. The quantitative estimate of drug-likeness (QED) is 0.344. The first-order valence-electron chi connectivity index (χ1n) is 11.2. The number of carbonyl (C=O) groups is 1. The van der Waals surface area contributed by atoms with Crippen molar-refractivity contribution in [2.24, 2.45) is 0 Å². The first kappa shape index (κ1) is 20.7. The number of aromatic nitrogens is 2. The molecule has 0 radical (unpaired) electrons. The molecule has 0 saturated carbocycles. The molecule has 0 bridgehead atoms. The van der Waals surface area contributed by atoms with Crippen molar-refractivity contribution >= 4 is 22.6 Å². The summed E-state index contributed by atoms with van der Waals surface area (Å²) in [5, 5.41) is 2.98. The second-order valence-corrected chi connectivity index (χ2v) is 8.10. The van der Waals surface area contributed by atoms with Crippen LogP contribution in [0.2, 0.25) is 0 Å². The summed E-state index contributed by atoms with van der Waals surface area (Å²) in [5.41, 5.74) is 6.28. The zero-order chi connectivity index (χ0) is 22.5. The van der Waals surface area contributed by atoms with Crippen LogP contribution in [0, 0.1) is 0 Å². The number of amides is 1. The molecule has 4 aromatic carbocycles. The Balaban J connectivity index is 1.28. The maximum absolute atomic E-state index is 12.3. The predicted molar refractivity (Wildman–Crippen MR) is 134 cm³/mol. The molecular formula is C29H25N3O. The molecule has 0 saturated heterocycles. The fourth-order valence-electron chi connectivity index (χ4n) is 4.11. The summed E-state index contributed by atoms with van der Waals surface area (Å²) in [4.78, 5) is 17.2. The number of hydrogen-bond acceptors (Lipinski definition) is 2. The van der Waals surface area contributed by atoms with Gasteiger partial charge < -0.3 is 5.32 Å². The summed E-state index contributed by atoms with van der Waals surface area (Å²) >= 11 is 0. The molecule has 0 aliphatic carbocycles. The topological polar surface area (TPSA) is 46.9 Å². The van der Waals surface area contributed by atoms with Gasteiger partial charge in [-0.05, 0) is 53.9 Å². The van der Waals surface area contributed by atoms with E-state index < -0.39 is 0 Å². The molecule has 0 fully saturated rings. The molecule has 0 atom stereocenters. The Morgan fingerprint density at radius 3 is 2.12 bits per heavy atom. The van der Waals surface area contributed by atoms with E-state index in [1.165, 1.54) is 5.56 Å². The summed E-state index contributed by atoms with van der Waals surface area (Å²) in [6, 6.07) is 36.5. The summed E-state index contributed by atoms with van der Waals surface area (Å²) in [6.45, 7) is 0. The summed E-state index contributed by atoms with van der Waals surface area (Å²) in [5.74, 6) is 1.04. The monoisotopic (exact) mass is 431 g/mol. The lowest BCUT2D eigenvalue weighted by Crippen LogP contribution is -2.14. The predicted octanol–water partition coefficient (Wildman–Crippen LogP) is 5.99. The van der Waals surface area contributed by atoms with Crippen LogP contribution in [-0.4, -0.2) is 15.5 Å². The maximum atomic E-state index is 12.3. The van der Waals surface area contributed by atoms with Gasteiger partial charge in [0.05, 0.1) is 17.5 Å². The number of rotatable bonds is 7. The van der Waals surface area contributed by atoms with Gasteiger partial charge in [-0.3, -0.25) is 9.36 Å². The average molecular weight is 432 g/mol. The van der Waals surface area contributed by atoms with Gasteiger partial charge in [-0.25, -0.2) is 4.98 Å². The van der Waals surface area contributed by atoms with E-state index in [0.717, 1.165) is 46.6 Å². The van der Waals surface area contributed by atoms with E-state index in [0.29, 0.717) is 6.42 Å². The molecule has 0 aliphatic rings. The van der Waals surface area contributed by atoms with Gasteiger partial charge in [0.15, 0.2) is 0 Å². The van der Waals surface area contributed by atoms with E-state index in [2.05, 4.69) is 64.5 Å². The van der Waals surface area contributed by atoms with Crippen molar-refractivity contribution in [1.82, 2.24) is 9.55 Å². The Morgan fingerprint density at radius 1 is 0.697 bits per heavy atom. The van der Waals surface area contributed by atoms with E-state index in [4.69, 9.17) is 4.98 Å². The van der Waals surface area contributed by atoms with Gasteiger partial charge in [0.1, 0.15) is 5.82 Å². The zero-order valence-electron chi connectivity index (χ0n) is 18.3. The van der Waals surface area contributed by atoms with E-state index in [-0.39, 0.29) is 5.91 Å². The lowest BCUT2D eigenvalue weighted by molar-refractivity contribution is -0.115. The summed E-state index contributed by atoms with van der Waals surface area (Å²) in [7, 11) is 0. The lowest BCUT2D eigenvalue weighted by Gasteiger charge is -2.10. The second-order valence-electron chi connectivity index (χ2n) is 8.10. The minimum Gasteiger partial charge on any atom is -0.326 e. The molecule has 0 aliphatic heterocycles. The number of anilines is 1. The fraction of sp³-hybridized carbons (Fsp3) is 0.103. The average Bonchev–Trinajstić information content (AvgIpc) is 3.23. The summed E-state index contributed by atoms with van der Waals surface area (Å²) in [6.07, 6.45) is 2.07. The van der Waals surface area contributed by atoms with Crippen molar-refractivity contribution in [2.45, 2.75) is 19.3 Å². The standard InChI is InChI=1S/C29H25N3O/c33-29(21-23-9-3-1-4-10-23)30-24-18-15-22(16-19-24)17-20-28-31-26-13-7-8-14-27(26)32(28)25-11-5-2-6-12-25/h1-16,18-19H,17,20-21H2,(H,30,33). The van der Waals surface area contributed by atoms with Crippen LogP contribution in [0.5, 0.6) is 0 Å². The molecule has 5 aromatic rings. The van der Waals surface area contributed by atoms with Crippen molar-refractivity contribution in [3.05, 3.63) is 126 Å². The SMILES string of the molecule is O=C(Cc1ccccc1)Nc1ccc(CCc2nc3ccccc3n2-c2ccccc2)cc1. The van der Waals surface area contributed by atoms with Crippen LogP contribution in [0.4, 0.5) is 5.69 Å². The van der Waals surface area contributed by atoms with Gasteiger partial charge in [-0.15, -0.1) is 0 Å². The van der Waals surface area contributed by atoms with Crippen molar-refractivity contribution in [3.63, 3.8) is 0 Å². The zero-order valence-corrected chi connectivity index (χ0v) is 18.3. The molecule has 1 aromatic heterocycles. The number of fused-ring (bicyclic) bond motifs is 1. The van der Waals surface area contributed by atoms with Crippen molar-refractivity contribution in [2.75, 3.05) is 5.32 Å². The largest absolute Gasteiger partial charge is 0.326 e. The fourth-order valence-corrected chi connectivity index (χ4v) is 4.11. The van der Waals surface area contributed by atoms with E-state index >= 15 is 0 Å². The van der Waals surface area contributed by atoms with Gasteiger partial charge in [0.2, 0.25) is 5.91 Å². The minimum atomic E-state index is -0.00877. The van der Waals surface area contributed by atoms with E-state index in [9.17, 15) is 4.79 Å². The third-order valence-electron chi connectivity index (χ3n) is 5.73. The molecule has 1 N–H and O–H groups in total. The normalized spacial score (nSPS) is 10.9. The Labute approximate surface area is 193 Å². The van der Waals surface area contributed by atoms with E-state index in [1.54, 1.807) is 0 Å². The van der Waals surface area contributed by atoms with Crippen molar-refractivity contribution < 1.29 is 4.79 Å². The van der Waals surface area contributed by atoms with Gasteiger partial charge in [0, 0.05) is 17.8 Å². The lowest BCUT2D eigenvalue weighted by atomic mass is 10.1. The first-order valence-corrected chi connectivity index (χ1v) is 11.2. The van der Waals surface area contributed by atoms with Crippen molar-refractivity contribution in [1.29, 1.82) is 0 Å². The maximum Gasteiger partial charge on any atom is 0.228 e. The third-order valence-corrected chi connectivity index (χ3v) is 5.73. The number of imidazole rings is 1. The molecule has 5 rings (SSSR count). The number of hydrogen-bond donors (Lipinski definition) is 1. The molecule has 0 spiro atoms. The molecule has 33 heavy (non-hydrogen) atoms. The molecule has 162 valence electrons. The first-order chi connectivity index (χ1) is 16.3. The highest BCUT2D eigenvalue weighted by Crippen LogP contribution is 2.23. The highest BCUT2D eigenvalue weighted by atomic mass is 16.1. The van der Waals surface area contributed by atoms with Crippen LogP contribution in [-0.2, 0) is 24.1 Å². The van der Waals surface area contributed by atoms with Crippen molar-refractivity contribution in [3.8, 4) is 5.69 Å². The van der Waals surface area contributed by atoms with Gasteiger partial charge in [0.25, 0.3) is 0 Å². The van der Waals surface area contributed by atoms with Crippen LogP contribution < -0.4 is 5.32 Å². The van der Waals surface area contributed by atoms with Gasteiger partial charge in [-0.2, -0.15) is 0 Å². The minimum absolute atomic E-state index is 0.00877. The smallest absolute Gasteiger partial charge is 0.228 e. The Hall–Kier alpha value is -4.18. The van der Waals surface area contributed by atoms with Crippen LogP contribution in [0.25, 0.3) is 16.7 Å². The van der Waals surface area contributed by atoms with Gasteiger partial charge in [-0.1, -0.05) is 72.8 Å². The van der Waals surface area contributed by atoms with Crippen LogP contribution >= 0.6 is 0 Å². The number of nitrogens with one attached hydrogen (secondary N) is 1. The summed E-state index contributed by atoms with van der Waals surface area (Å²) < 4.78 is 2.24. The Kier molecular flexibility index (Phi) is 5.98. The molecule has 1 amide bonds. The number of carbonyl (C=O) groups excluding carboxylic acids is 1. The van der Waals surface area contributed by atoms with Crippen LogP contribution in [0.1, 0.15) is 17.0 Å². The second kappa shape index (κ2) is 9.53. The Bertz CT molecular complexity index is 1360. The molecule has 4 heteroatoms. The number of para-hydroxylation sites is 3. The molecule has 4 nitrogen and oxygen atoms in total. The number of aryl methyl sites for hydroxylation is 2. The molecular weight excluding hydrogens is 406 g/mol. The number of benzene rings is 4. The van der Waals surface area contributed by atoms with Crippen LogP contribution in [0.15, 0.2) is 109 Å². The Morgan fingerprint density at radius 2 is 1.36 bits per heavy atom. The number of nitrogens with zero attached hydrogens (tertiary/aromatic N) is 2. The van der Waals surface area contributed by atoms with Crippen LogP contribution in [0.3, 0.4) is 0 Å². The van der Waals surface area contributed by atoms with Gasteiger partial charge >= 0.3 is 0 Å².